The molecular formula is C26H29N7O3S. The van der Waals surface area contributed by atoms with E-state index in [0.29, 0.717) is 16.4 Å². The van der Waals surface area contributed by atoms with Gasteiger partial charge in [0.1, 0.15) is 17.6 Å². The fourth-order valence-electron chi connectivity index (χ4n) is 4.44. The fraction of sp³-hybridized carbons (Fsp3) is 0.423. The lowest BCUT2D eigenvalue weighted by atomic mass is 10.2. The third-order valence-electron chi connectivity index (χ3n) is 6.56. The van der Waals surface area contributed by atoms with Crippen molar-refractivity contribution >= 4 is 34.1 Å². The first kappa shape index (κ1) is 24.9. The summed E-state index contributed by atoms with van der Waals surface area (Å²) < 4.78 is 7.60. The smallest absolute Gasteiger partial charge is 0.311 e. The Balaban J connectivity index is 1.20. The molecule has 2 amide bonds. The molecule has 1 saturated heterocycles. The van der Waals surface area contributed by atoms with Gasteiger partial charge in [-0.3, -0.25) is 19.0 Å². The molecule has 1 aliphatic heterocycles. The van der Waals surface area contributed by atoms with E-state index >= 15 is 0 Å². The highest BCUT2D eigenvalue weighted by Gasteiger charge is 2.52. The molecule has 11 heteroatoms. The summed E-state index contributed by atoms with van der Waals surface area (Å²) in [6, 6.07) is 6.72. The Hall–Kier alpha value is -3.75. The van der Waals surface area contributed by atoms with Gasteiger partial charge >= 0.3 is 5.66 Å². The Morgan fingerprint density at radius 3 is 2.65 bits per heavy atom. The second-order valence-corrected chi connectivity index (χ2v) is 10.5. The Kier molecular flexibility index (Phi) is 6.70. The van der Waals surface area contributed by atoms with Crippen molar-refractivity contribution in [1.82, 2.24) is 19.9 Å². The zero-order valence-electron chi connectivity index (χ0n) is 21.0. The number of pyridine rings is 1. The highest BCUT2D eigenvalue weighted by Crippen LogP contribution is 2.45. The van der Waals surface area contributed by atoms with Crippen LogP contribution in [0.3, 0.4) is 0 Å². The van der Waals surface area contributed by atoms with E-state index in [-0.39, 0.29) is 24.0 Å². The maximum Gasteiger partial charge on any atom is 0.311 e. The fourth-order valence-corrected chi connectivity index (χ4v) is 5.15. The van der Waals surface area contributed by atoms with Gasteiger partial charge in [-0.15, -0.1) is 11.3 Å². The summed E-state index contributed by atoms with van der Waals surface area (Å²) in [7, 11) is 0. The van der Waals surface area contributed by atoms with Crippen molar-refractivity contribution in [1.29, 1.82) is 0 Å². The van der Waals surface area contributed by atoms with Crippen LogP contribution in [-0.2, 0) is 15.2 Å². The number of thiazole rings is 1. The number of amides is 2. The second-order valence-electron chi connectivity index (χ2n) is 9.67. The molecule has 0 spiro atoms. The van der Waals surface area contributed by atoms with Crippen LogP contribution >= 0.6 is 11.3 Å². The zero-order valence-corrected chi connectivity index (χ0v) is 21.8. The van der Waals surface area contributed by atoms with E-state index in [2.05, 4.69) is 39.2 Å². The molecule has 2 fully saturated rings. The van der Waals surface area contributed by atoms with Gasteiger partial charge in [0.25, 0.3) is 5.91 Å². The van der Waals surface area contributed by atoms with Gasteiger partial charge in [0.2, 0.25) is 5.91 Å². The first-order chi connectivity index (χ1) is 17.8. The van der Waals surface area contributed by atoms with E-state index in [0.717, 1.165) is 37.4 Å². The predicted molar refractivity (Wildman–Crippen MR) is 141 cm³/mol. The summed E-state index contributed by atoms with van der Waals surface area (Å²) in [5.74, 6) is 0.133. The minimum absolute atomic E-state index is 0.131. The van der Waals surface area contributed by atoms with Crippen LogP contribution in [0.1, 0.15) is 44.0 Å². The molecule has 10 nitrogen and oxygen atoms in total. The standard InChI is InChI=1S/C26H29N7O3S/c1-16-12-32(13-17(2)36-16)22-7-5-6-20(29-22)21-15-37-25(30-21)31-23(34)18(3)28-24(35)19-8-11-33(14-19)26(27-4)9-10-26/h5-8,11,14-18H,9-10,12-13H2,1-3H3,(H,28,35)(H,30,31,34)/t16-,17+,18-/m0/s1. The molecule has 0 bridgehead atoms. The van der Waals surface area contributed by atoms with Crippen molar-refractivity contribution in [3.8, 4) is 11.4 Å². The first-order valence-electron chi connectivity index (χ1n) is 12.3. The lowest BCUT2D eigenvalue weighted by molar-refractivity contribution is -0.117. The Morgan fingerprint density at radius 2 is 1.95 bits per heavy atom. The monoisotopic (exact) mass is 519 g/mol. The van der Waals surface area contributed by atoms with Gasteiger partial charge in [0.15, 0.2) is 5.13 Å². The molecule has 1 aliphatic carbocycles. The van der Waals surface area contributed by atoms with E-state index in [9.17, 15) is 9.59 Å². The maximum atomic E-state index is 12.7. The normalized spacial score (nSPS) is 21.1. The molecule has 2 N–H and O–H groups in total. The number of hydrogen-bond acceptors (Lipinski definition) is 7. The van der Waals surface area contributed by atoms with Gasteiger partial charge in [0, 0.05) is 30.9 Å². The number of anilines is 2. The van der Waals surface area contributed by atoms with Crippen molar-refractivity contribution in [3.63, 3.8) is 0 Å². The summed E-state index contributed by atoms with van der Waals surface area (Å²) in [6.45, 7) is 14.6. The molecule has 3 atom stereocenters. The molecule has 2 aliphatic rings. The van der Waals surface area contributed by atoms with Crippen molar-refractivity contribution < 1.29 is 14.3 Å². The van der Waals surface area contributed by atoms with Crippen LogP contribution in [0.25, 0.3) is 16.2 Å². The zero-order chi connectivity index (χ0) is 26.2. The van der Waals surface area contributed by atoms with Crippen LogP contribution in [-0.4, -0.2) is 57.7 Å². The second kappa shape index (κ2) is 9.95. The van der Waals surface area contributed by atoms with E-state index < -0.39 is 11.7 Å². The lowest BCUT2D eigenvalue weighted by Gasteiger charge is -2.36. The number of nitrogens with zero attached hydrogens (tertiary/aromatic N) is 5. The summed E-state index contributed by atoms with van der Waals surface area (Å²) in [4.78, 5) is 40.6. The number of carbonyl (C=O) groups excluding carboxylic acids is 2. The van der Waals surface area contributed by atoms with Crippen molar-refractivity contribution in [3.05, 3.63) is 59.0 Å². The average molecular weight is 520 g/mol. The van der Waals surface area contributed by atoms with Crippen LogP contribution < -0.4 is 15.5 Å². The number of morpholine rings is 1. The maximum absolute atomic E-state index is 12.7. The van der Waals surface area contributed by atoms with E-state index in [1.807, 2.05) is 23.6 Å². The molecule has 3 aromatic heterocycles. The molecule has 192 valence electrons. The van der Waals surface area contributed by atoms with Gasteiger partial charge in [-0.25, -0.2) is 16.5 Å². The Morgan fingerprint density at radius 1 is 1.19 bits per heavy atom. The third kappa shape index (κ3) is 5.35. The summed E-state index contributed by atoms with van der Waals surface area (Å²) in [5.41, 5.74) is 1.27. The number of carbonyl (C=O) groups is 2. The number of rotatable bonds is 7. The molecule has 1 saturated carbocycles. The summed E-state index contributed by atoms with van der Waals surface area (Å²) in [6.07, 6.45) is 5.23. The average Bonchev–Trinajstić information content (AvgIpc) is 3.27. The van der Waals surface area contributed by atoms with E-state index in [4.69, 9.17) is 16.3 Å². The number of aromatic nitrogens is 3. The van der Waals surface area contributed by atoms with Gasteiger partial charge in [-0.2, -0.15) is 0 Å². The summed E-state index contributed by atoms with van der Waals surface area (Å²) >= 11 is 1.30. The molecule has 3 aromatic rings. The number of nitrogens with one attached hydrogen (secondary N) is 2. The van der Waals surface area contributed by atoms with Crippen LogP contribution in [0, 0.1) is 6.57 Å². The lowest BCUT2D eigenvalue weighted by Crippen LogP contribution is -2.45. The van der Waals surface area contributed by atoms with Gasteiger partial charge < -0.3 is 20.3 Å². The molecule has 0 aromatic carbocycles. The molecule has 0 unspecified atom stereocenters. The van der Waals surface area contributed by atoms with Crippen molar-refractivity contribution in [2.45, 2.75) is 57.5 Å². The van der Waals surface area contributed by atoms with Crippen molar-refractivity contribution in [2.75, 3.05) is 23.3 Å². The predicted octanol–water partition coefficient (Wildman–Crippen LogP) is 3.74. The van der Waals surface area contributed by atoms with Crippen LogP contribution in [0.4, 0.5) is 10.9 Å². The minimum atomic E-state index is -0.772. The van der Waals surface area contributed by atoms with Crippen LogP contribution in [0.15, 0.2) is 42.0 Å². The SMILES string of the molecule is [C-]#[N+]C1(n2ccc(C(=O)N[C@@H](C)C(=O)Nc3nc(-c4cccc(N5C[C@@H](C)O[C@@H](C)C5)n4)cs3)c2)CC1. The molecule has 5 rings (SSSR count). The molecule has 4 heterocycles. The highest BCUT2D eigenvalue weighted by molar-refractivity contribution is 7.14. The topological polar surface area (TPSA) is 106 Å². The van der Waals surface area contributed by atoms with Crippen molar-refractivity contribution in [2.24, 2.45) is 0 Å². The summed E-state index contributed by atoms with van der Waals surface area (Å²) in [5, 5.41) is 7.78. The largest absolute Gasteiger partial charge is 0.372 e. The number of ether oxygens (including phenoxy) is 1. The first-order valence-corrected chi connectivity index (χ1v) is 13.2. The minimum Gasteiger partial charge on any atom is -0.372 e. The van der Waals surface area contributed by atoms with Gasteiger partial charge in [-0.1, -0.05) is 6.07 Å². The van der Waals surface area contributed by atoms with E-state index in [1.165, 1.54) is 11.3 Å². The van der Waals surface area contributed by atoms with Gasteiger partial charge in [-0.05, 0) is 39.0 Å². The molecule has 0 radical (unpaired) electrons. The van der Waals surface area contributed by atoms with Gasteiger partial charge in [0.05, 0.1) is 36.3 Å². The van der Waals surface area contributed by atoms with Crippen LogP contribution in [0.2, 0.25) is 0 Å². The van der Waals surface area contributed by atoms with E-state index in [1.54, 1.807) is 30.0 Å². The molecular weight excluding hydrogens is 490 g/mol. The van der Waals surface area contributed by atoms with Crippen LogP contribution in [0.5, 0.6) is 0 Å². The third-order valence-corrected chi connectivity index (χ3v) is 7.31. The Bertz CT molecular complexity index is 1350. The highest BCUT2D eigenvalue weighted by atomic mass is 32.1. The number of hydrogen-bond donors (Lipinski definition) is 2. The Labute approximate surface area is 219 Å². The quantitative estimate of drug-likeness (QED) is 0.461. The molecule has 37 heavy (non-hydrogen) atoms.